The zero-order valence-electron chi connectivity index (χ0n) is 19.9. The van der Waals surface area contributed by atoms with Crippen LogP contribution in [-0.4, -0.2) is 56.4 Å². The minimum atomic E-state index is -0.760. The highest BCUT2D eigenvalue weighted by Crippen LogP contribution is 2.67. The van der Waals surface area contributed by atoms with Gasteiger partial charge in [-0.15, -0.1) is 11.8 Å². The van der Waals surface area contributed by atoms with Crippen molar-refractivity contribution in [2.45, 2.75) is 54.8 Å². The van der Waals surface area contributed by atoms with Gasteiger partial charge in [-0.25, -0.2) is 0 Å². The lowest BCUT2D eigenvalue weighted by Gasteiger charge is -2.37. The van der Waals surface area contributed by atoms with Crippen molar-refractivity contribution in [3.8, 4) is 0 Å². The van der Waals surface area contributed by atoms with Gasteiger partial charge >= 0.3 is 0 Å². The first-order valence-corrected chi connectivity index (χ1v) is 13.1. The third-order valence-corrected chi connectivity index (χ3v) is 9.41. The van der Waals surface area contributed by atoms with E-state index in [4.69, 9.17) is 0 Å². The van der Waals surface area contributed by atoms with E-state index in [1.165, 1.54) is 0 Å². The second-order valence-corrected chi connectivity index (χ2v) is 11.5. The fourth-order valence-electron chi connectivity index (χ4n) is 6.17. The number of thioether (sulfide) groups is 1. The van der Waals surface area contributed by atoms with Gasteiger partial charge in [0.25, 0.3) is 0 Å². The average Bonchev–Trinajstić information content (AvgIpc) is 3.48. The molecule has 0 aromatic heterocycles. The van der Waals surface area contributed by atoms with Gasteiger partial charge in [-0.2, -0.15) is 0 Å². The molecular formula is C27H31N3O4S. The number of nitrogens with zero attached hydrogens (tertiary/aromatic N) is 1. The summed E-state index contributed by atoms with van der Waals surface area (Å²) in [7, 11) is 0. The van der Waals surface area contributed by atoms with Crippen LogP contribution in [0.2, 0.25) is 0 Å². The van der Waals surface area contributed by atoms with E-state index in [-0.39, 0.29) is 35.6 Å². The van der Waals surface area contributed by atoms with Crippen LogP contribution < -0.4 is 10.6 Å². The number of likely N-dealkylation sites (tertiary alicyclic amines) is 1. The second-order valence-electron chi connectivity index (χ2n) is 9.93. The van der Waals surface area contributed by atoms with Gasteiger partial charge < -0.3 is 20.6 Å². The van der Waals surface area contributed by atoms with Crippen LogP contribution in [0.1, 0.15) is 38.3 Å². The number of hydrogen-bond donors (Lipinski definition) is 3. The topological polar surface area (TPSA) is 98.7 Å². The van der Waals surface area contributed by atoms with E-state index in [0.29, 0.717) is 12.1 Å². The molecule has 3 saturated heterocycles. The molecule has 8 heteroatoms. The molecule has 7 nitrogen and oxygen atoms in total. The highest BCUT2D eigenvalue weighted by molar-refractivity contribution is 8.02. The summed E-state index contributed by atoms with van der Waals surface area (Å²) < 4.78 is -0.693. The van der Waals surface area contributed by atoms with Gasteiger partial charge in [-0.3, -0.25) is 14.4 Å². The molecule has 0 aliphatic carbocycles. The third-order valence-electron chi connectivity index (χ3n) is 7.45. The molecule has 0 radical (unpaired) electrons. The molecule has 2 aromatic carbocycles. The highest BCUT2D eigenvalue weighted by atomic mass is 32.2. The maximum atomic E-state index is 14.2. The summed E-state index contributed by atoms with van der Waals surface area (Å²) in [6, 6.07) is 17.0. The lowest BCUT2D eigenvalue weighted by Crippen LogP contribution is -2.55. The average molecular weight is 494 g/mol. The van der Waals surface area contributed by atoms with E-state index in [1.807, 2.05) is 74.5 Å². The SMILES string of the molecule is CC(C)NC(=O)C1N([C@H](CO)c2ccccc2)C(=O)[C@@H]2[C@H](C(=O)Nc3ccccc3)[C@@H]3CCC12S3. The van der Waals surface area contributed by atoms with E-state index in [2.05, 4.69) is 10.6 Å². The van der Waals surface area contributed by atoms with Crippen molar-refractivity contribution >= 4 is 35.2 Å². The van der Waals surface area contributed by atoms with Crippen LogP contribution in [-0.2, 0) is 14.4 Å². The molecule has 35 heavy (non-hydrogen) atoms. The molecule has 3 aliphatic heterocycles. The largest absolute Gasteiger partial charge is 0.394 e. The number of aliphatic hydroxyl groups excluding tert-OH is 1. The van der Waals surface area contributed by atoms with E-state index in [1.54, 1.807) is 16.7 Å². The number of rotatable bonds is 7. The Morgan fingerprint density at radius 3 is 2.37 bits per heavy atom. The quantitative estimate of drug-likeness (QED) is 0.551. The van der Waals surface area contributed by atoms with Gasteiger partial charge in [-0.1, -0.05) is 48.5 Å². The van der Waals surface area contributed by atoms with Crippen LogP contribution in [0.3, 0.4) is 0 Å². The number of carbonyl (C=O) groups is 3. The lowest BCUT2D eigenvalue weighted by atomic mass is 9.70. The van der Waals surface area contributed by atoms with Crippen molar-refractivity contribution in [2.75, 3.05) is 11.9 Å². The van der Waals surface area contributed by atoms with Gasteiger partial charge in [0, 0.05) is 17.0 Å². The molecule has 2 bridgehead atoms. The predicted octanol–water partition coefficient (Wildman–Crippen LogP) is 2.97. The van der Waals surface area contributed by atoms with Crippen molar-refractivity contribution < 1.29 is 19.5 Å². The third kappa shape index (κ3) is 3.93. The number of carbonyl (C=O) groups excluding carboxylic acids is 3. The van der Waals surface area contributed by atoms with Gasteiger partial charge in [0.1, 0.15) is 6.04 Å². The first kappa shape index (κ1) is 23.9. The summed E-state index contributed by atoms with van der Waals surface area (Å²) in [5.74, 6) is -1.77. The van der Waals surface area contributed by atoms with Crippen molar-refractivity contribution in [1.29, 1.82) is 0 Å². The molecule has 3 heterocycles. The fraction of sp³-hybridized carbons (Fsp3) is 0.444. The maximum absolute atomic E-state index is 14.2. The van der Waals surface area contributed by atoms with Crippen molar-refractivity contribution in [3.05, 3.63) is 66.2 Å². The van der Waals surface area contributed by atoms with Gasteiger partial charge in [0.15, 0.2) is 0 Å². The minimum absolute atomic E-state index is 0.0199. The summed E-state index contributed by atoms with van der Waals surface area (Å²) in [5, 5.41) is 16.4. The van der Waals surface area contributed by atoms with E-state index in [0.717, 1.165) is 12.0 Å². The van der Waals surface area contributed by atoms with E-state index >= 15 is 0 Å². The Labute approximate surface area is 209 Å². The molecule has 2 aromatic rings. The van der Waals surface area contributed by atoms with E-state index in [9.17, 15) is 19.5 Å². The number of benzene rings is 2. The molecule has 3 fully saturated rings. The molecule has 184 valence electrons. The molecule has 0 saturated carbocycles. The van der Waals surface area contributed by atoms with Gasteiger partial charge in [0.2, 0.25) is 17.7 Å². The fourth-order valence-corrected chi connectivity index (χ4v) is 8.37. The second kappa shape index (κ2) is 9.32. The highest BCUT2D eigenvalue weighted by Gasteiger charge is 2.74. The van der Waals surface area contributed by atoms with Crippen molar-refractivity contribution in [3.63, 3.8) is 0 Å². The number of hydrogen-bond acceptors (Lipinski definition) is 5. The van der Waals surface area contributed by atoms with Crippen molar-refractivity contribution in [1.82, 2.24) is 10.2 Å². The van der Waals surface area contributed by atoms with Crippen LogP contribution in [0.4, 0.5) is 5.69 Å². The Morgan fingerprint density at radius 1 is 1.09 bits per heavy atom. The van der Waals surface area contributed by atoms with Crippen LogP contribution in [0.5, 0.6) is 0 Å². The summed E-state index contributed by atoms with van der Waals surface area (Å²) >= 11 is 1.62. The van der Waals surface area contributed by atoms with Crippen molar-refractivity contribution in [2.24, 2.45) is 11.8 Å². The minimum Gasteiger partial charge on any atom is -0.394 e. The van der Waals surface area contributed by atoms with Crippen LogP contribution in [0, 0.1) is 11.8 Å². The maximum Gasteiger partial charge on any atom is 0.244 e. The number of para-hydroxylation sites is 1. The van der Waals surface area contributed by atoms with Gasteiger partial charge in [-0.05, 0) is 44.4 Å². The summed E-state index contributed by atoms with van der Waals surface area (Å²) in [4.78, 5) is 42.9. The zero-order chi connectivity index (χ0) is 24.7. The lowest BCUT2D eigenvalue weighted by molar-refractivity contribution is -0.142. The first-order chi connectivity index (χ1) is 16.9. The molecule has 5 rings (SSSR count). The Bertz CT molecular complexity index is 1110. The van der Waals surface area contributed by atoms with Crippen LogP contribution >= 0.6 is 11.8 Å². The first-order valence-electron chi connectivity index (χ1n) is 12.2. The molecule has 6 atom stereocenters. The molecule has 1 spiro atoms. The molecule has 3 amide bonds. The van der Waals surface area contributed by atoms with Crippen LogP contribution in [0.15, 0.2) is 60.7 Å². The Balaban J connectivity index is 1.55. The molecule has 2 unspecified atom stereocenters. The normalized spacial score (nSPS) is 29.8. The standard InChI is InChI=1S/C27H31N3O4S/c1-16(2)28-25(33)23-27-14-13-20(35-27)21(24(32)29-18-11-7-4-8-12-18)22(27)26(34)30(23)19(15-31)17-9-5-3-6-10-17/h3-12,16,19-23,31H,13-15H2,1-2H3,(H,28,33)(H,29,32)/t19-,20+,21-,22+,23?,27?/m1/s1. The van der Waals surface area contributed by atoms with Crippen LogP contribution in [0.25, 0.3) is 0 Å². The number of amides is 3. The monoisotopic (exact) mass is 493 g/mol. The Morgan fingerprint density at radius 2 is 1.74 bits per heavy atom. The predicted molar refractivity (Wildman–Crippen MR) is 136 cm³/mol. The Kier molecular flexibility index (Phi) is 6.36. The van der Waals surface area contributed by atoms with E-state index < -0.39 is 28.7 Å². The number of anilines is 1. The summed E-state index contributed by atoms with van der Waals surface area (Å²) in [6.07, 6.45) is 1.46. The number of fused-ring (bicyclic) bond motifs is 1. The smallest absolute Gasteiger partial charge is 0.244 e. The van der Waals surface area contributed by atoms with Gasteiger partial charge in [0.05, 0.1) is 29.2 Å². The molecule has 3 aliphatic rings. The molecular weight excluding hydrogens is 462 g/mol. The molecule has 3 N–H and O–H groups in total. The summed E-state index contributed by atoms with van der Waals surface area (Å²) in [5.41, 5.74) is 1.46. The number of nitrogens with one attached hydrogen (secondary N) is 2. The summed E-state index contributed by atoms with van der Waals surface area (Å²) in [6.45, 7) is 3.48. The number of aliphatic hydroxyl groups is 1. The zero-order valence-corrected chi connectivity index (χ0v) is 20.7. The Hall–Kier alpha value is -2.84.